The number of ketones is 1. The molecule has 0 spiro atoms. The predicted molar refractivity (Wildman–Crippen MR) is 67.3 cm³/mol. The van der Waals surface area contributed by atoms with E-state index in [1.165, 1.54) is 10.4 Å². The van der Waals surface area contributed by atoms with Crippen LogP contribution in [0, 0.1) is 0 Å². The molecule has 0 saturated carbocycles. The molecule has 0 atom stereocenters. The second-order valence-electron chi connectivity index (χ2n) is 3.91. The summed E-state index contributed by atoms with van der Waals surface area (Å²) >= 11 is 1.69. The molecule has 3 heteroatoms. The lowest BCUT2D eigenvalue weighted by Crippen LogP contribution is -2.03. The van der Waals surface area contributed by atoms with Crippen LogP contribution in [0.4, 0.5) is 0 Å². The Morgan fingerprint density at radius 1 is 1.47 bits per heavy atom. The van der Waals surface area contributed by atoms with Gasteiger partial charge in [-0.05, 0) is 42.6 Å². The van der Waals surface area contributed by atoms with Crippen LogP contribution in [0.15, 0.2) is 6.07 Å². The molecule has 0 aliphatic heterocycles. The SMILES string of the molecule is [B]c1sc(CCC)cc1CCCC(C)=O. The highest BCUT2D eigenvalue weighted by Crippen LogP contribution is 2.15. The van der Waals surface area contributed by atoms with E-state index in [0.717, 1.165) is 30.5 Å². The molecule has 2 radical (unpaired) electrons. The van der Waals surface area contributed by atoms with Gasteiger partial charge in [-0.1, -0.05) is 13.3 Å². The molecule has 0 saturated heterocycles. The smallest absolute Gasteiger partial charge is 0.129 e. The number of Topliss-reactive ketones (excluding diaryl/α,β-unsaturated/α-hetero) is 1. The quantitative estimate of drug-likeness (QED) is 0.673. The maximum atomic E-state index is 10.8. The minimum Gasteiger partial charge on any atom is -0.300 e. The monoisotopic (exact) mass is 220 g/mol. The Bertz CT molecular complexity index is 330. The Hall–Kier alpha value is -0.565. The van der Waals surface area contributed by atoms with E-state index in [-0.39, 0.29) is 5.78 Å². The van der Waals surface area contributed by atoms with E-state index in [4.69, 9.17) is 7.85 Å². The van der Waals surface area contributed by atoms with Crippen LogP contribution in [0.3, 0.4) is 0 Å². The second kappa shape index (κ2) is 6.11. The van der Waals surface area contributed by atoms with E-state index in [9.17, 15) is 4.79 Å². The number of aryl methyl sites for hydroxylation is 2. The fourth-order valence-electron chi connectivity index (χ4n) is 1.59. The molecular formula is C12H17BOS. The maximum Gasteiger partial charge on any atom is 0.129 e. The molecule has 0 bridgehead atoms. The van der Waals surface area contributed by atoms with Gasteiger partial charge in [-0.2, -0.15) is 11.3 Å². The van der Waals surface area contributed by atoms with E-state index < -0.39 is 0 Å². The molecule has 0 aliphatic carbocycles. The first-order chi connectivity index (χ1) is 7.13. The Balaban J connectivity index is 2.49. The minimum absolute atomic E-state index is 0.262. The lowest BCUT2D eigenvalue weighted by molar-refractivity contribution is -0.117. The first kappa shape index (κ1) is 12.5. The van der Waals surface area contributed by atoms with Crippen LogP contribution in [0.2, 0.25) is 0 Å². The minimum atomic E-state index is 0.262. The zero-order valence-corrected chi connectivity index (χ0v) is 10.3. The van der Waals surface area contributed by atoms with Gasteiger partial charge in [-0.3, -0.25) is 0 Å². The molecule has 0 unspecified atom stereocenters. The molecule has 1 heterocycles. The maximum absolute atomic E-state index is 10.8. The first-order valence-electron chi connectivity index (χ1n) is 5.50. The summed E-state index contributed by atoms with van der Waals surface area (Å²) in [5, 5.41) is 0. The van der Waals surface area contributed by atoms with Crippen molar-refractivity contribution < 1.29 is 4.79 Å². The van der Waals surface area contributed by atoms with Crippen LogP contribution < -0.4 is 4.78 Å². The largest absolute Gasteiger partial charge is 0.300 e. The van der Waals surface area contributed by atoms with Crippen LogP contribution in [-0.4, -0.2) is 13.6 Å². The van der Waals surface area contributed by atoms with Crippen LogP contribution in [0.1, 0.15) is 43.6 Å². The van der Waals surface area contributed by atoms with Gasteiger partial charge in [-0.25, -0.2) is 0 Å². The Labute approximate surface area is 97.3 Å². The van der Waals surface area contributed by atoms with Gasteiger partial charge in [0.2, 0.25) is 0 Å². The summed E-state index contributed by atoms with van der Waals surface area (Å²) in [7, 11) is 5.92. The summed E-state index contributed by atoms with van der Waals surface area (Å²) in [5.74, 6) is 0.262. The van der Waals surface area contributed by atoms with Crippen LogP contribution in [0.25, 0.3) is 0 Å². The lowest BCUT2D eigenvalue weighted by atomic mass is 9.98. The number of hydrogen-bond acceptors (Lipinski definition) is 2. The van der Waals surface area contributed by atoms with E-state index in [0.29, 0.717) is 6.42 Å². The highest BCUT2D eigenvalue weighted by Gasteiger charge is 2.04. The third-order valence-corrected chi connectivity index (χ3v) is 3.43. The molecule has 0 amide bonds. The van der Waals surface area contributed by atoms with Crippen molar-refractivity contribution in [3.63, 3.8) is 0 Å². The topological polar surface area (TPSA) is 17.1 Å². The fraction of sp³-hybridized carbons (Fsp3) is 0.583. The van der Waals surface area contributed by atoms with Gasteiger partial charge in [0.05, 0.1) is 0 Å². The Morgan fingerprint density at radius 3 is 2.80 bits per heavy atom. The number of carbonyl (C=O) groups excluding carboxylic acids is 1. The molecule has 1 rings (SSSR count). The number of thiophene rings is 1. The summed E-state index contributed by atoms with van der Waals surface area (Å²) in [4.78, 5) is 12.2. The molecule has 0 fully saturated rings. The second-order valence-corrected chi connectivity index (χ2v) is 5.08. The van der Waals surface area contributed by atoms with Crippen molar-refractivity contribution in [2.24, 2.45) is 0 Å². The van der Waals surface area contributed by atoms with E-state index in [1.807, 2.05) is 0 Å². The number of rotatable bonds is 6. The molecule has 15 heavy (non-hydrogen) atoms. The molecule has 0 N–H and O–H groups in total. The van der Waals surface area contributed by atoms with Crippen LogP contribution in [-0.2, 0) is 17.6 Å². The standard InChI is InChI=1S/C12H17BOS/c1-3-5-11-8-10(12(13)15-11)7-4-6-9(2)14/h8H,3-7H2,1-2H3. The van der Waals surface area contributed by atoms with Gasteiger partial charge in [-0.15, -0.1) is 0 Å². The zero-order chi connectivity index (χ0) is 11.3. The molecule has 80 valence electrons. The molecule has 1 aromatic rings. The summed E-state index contributed by atoms with van der Waals surface area (Å²) in [5.41, 5.74) is 1.23. The average molecular weight is 220 g/mol. The van der Waals surface area contributed by atoms with Gasteiger partial charge in [0.1, 0.15) is 13.6 Å². The Morgan fingerprint density at radius 2 is 2.20 bits per heavy atom. The fourth-order valence-corrected chi connectivity index (χ4v) is 2.68. The van der Waals surface area contributed by atoms with Crippen molar-refractivity contribution in [3.8, 4) is 0 Å². The first-order valence-corrected chi connectivity index (χ1v) is 6.31. The molecule has 0 aromatic carbocycles. The molecule has 1 aromatic heterocycles. The molecule has 1 nitrogen and oxygen atoms in total. The Kier molecular flexibility index (Phi) is 5.10. The summed E-state index contributed by atoms with van der Waals surface area (Å²) in [6, 6.07) is 2.20. The summed E-state index contributed by atoms with van der Waals surface area (Å²) in [6.45, 7) is 3.81. The number of hydrogen-bond donors (Lipinski definition) is 0. The van der Waals surface area contributed by atoms with Crippen molar-refractivity contribution in [1.82, 2.24) is 0 Å². The van der Waals surface area contributed by atoms with Crippen molar-refractivity contribution in [1.29, 1.82) is 0 Å². The van der Waals surface area contributed by atoms with Gasteiger partial charge in [0, 0.05) is 11.3 Å². The van der Waals surface area contributed by atoms with Crippen molar-refractivity contribution in [2.75, 3.05) is 0 Å². The third-order valence-electron chi connectivity index (χ3n) is 2.36. The molecular weight excluding hydrogens is 203 g/mol. The van der Waals surface area contributed by atoms with Gasteiger partial charge in [0.15, 0.2) is 0 Å². The third kappa shape index (κ3) is 4.21. The van der Waals surface area contributed by atoms with Crippen LogP contribution in [0.5, 0.6) is 0 Å². The summed E-state index contributed by atoms with van der Waals surface area (Å²) < 4.78 is 0.932. The number of carbonyl (C=O) groups is 1. The van der Waals surface area contributed by atoms with Gasteiger partial charge in [0.25, 0.3) is 0 Å². The van der Waals surface area contributed by atoms with Gasteiger partial charge < -0.3 is 4.79 Å². The van der Waals surface area contributed by atoms with Gasteiger partial charge >= 0.3 is 0 Å². The highest BCUT2D eigenvalue weighted by atomic mass is 32.1. The molecule has 0 aliphatic rings. The lowest BCUT2D eigenvalue weighted by Gasteiger charge is -1.97. The average Bonchev–Trinajstić information content (AvgIpc) is 2.47. The summed E-state index contributed by atoms with van der Waals surface area (Å²) in [6.07, 6.45) is 4.79. The highest BCUT2D eigenvalue weighted by molar-refractivity contribution is 7.20. The van der Waals surface area contributed by atoms with Crippen LogP contribution >= 0.6 is 11.3 Å². The van der Waals surface area contributed by atoms with E-state index in [2.05, 4.69) is 13.0 Å². The normalized spacial score (nSPS) is 10.5. The van der Waals surface area contributed by atoms with Crippen molar-refractivity contribution in [3.05, 3.63) is 16.5 Å². The van der Waals surface area contributed by atoms with Crippen molar-refractivity contribution >= 4 is 29.7 Å². The predicted octanol–water partition coefficient (Wildman–Crippen LogP) is 2.41. The zero-order valence-electron chi connectivity index (χ0n) is 9.51. The van der Waals surface area contributed by atoms with E-state index in [1.54, 1.807) is 18.3 Å². The van der Waals surface area contributed by atoms with E-state index >= 15 is 0 Å². The van der Waals surface area contributed by atoms with Crippen molar-refractivity contribution in [2.45, 2.75) is 46.0 Å².